The third-order valence-corrected chi connectivity index (χ3v) is 4.45. The fourth-order valence-electron chi connectivity index (χ4n) is 2.06. The number of rotatable bonds is 3. The van der Waals surface area contributed by atoms with Gasteiger partial charge in [0.2, 0.25) is 0 Å². The van der Waals surface area contributed by atoms with E-state index in [1.54, 1.807) is 23.7 Å². The molecule has 0 bridgehead atoms. The summed E-state index contributed by atoms with van der Waals surface area (Å²) in [6.07, 6.45) is 3.43. The van der Waals surface area contributed by atoms with Gasteiger partial charge in [-0.25, -0.2) is 4.98 Å². The first-order valence-electron chi connectivity index (χ1n) is 5.85. The molecule has 0 amide bonds. The van der Waals surface area contributed by atoms with Crippen LogP contribution in [0.25, 0.3) is 10.9 Å². The molecule has 3 aromatic rings. The lowest BCUT2D eigenvalue weighted by Crippen LogP contribution is -2.03. The minimum atomic E-state index is -0.586. The molecule has 0 fully saturated rings. The lowest BCUT2D eigenvalue weighted by Gasteiger charge is -2.12. The molecule has 0 radical (unpaired) electrons. The highest BCUT2D eigenvalue weighted by molar-refractivity contribution is 9.10. The molecule has 0 aliphatic heterocycles. The van der Waals surface area contributed by atoms with Gasteiger partial charge in [0.25, 0.3) is 0 Å². The Labute approximate surface area is 123 Å². The number of benzene rings is 1. The van der Waals surface area contributed by atoms with Crippen LogP contribution in [-0.4, -0.2) is 15.1 Å². The van der Waals surface area contributed by atoms with Crippen LogP contribution in [0.15, 0.2) is 46.5 Å². The van der Waals surface area contributed by atoms with Crippen molar-refractivity contribution < 1.29 is 5.11 Å². The number of pyridine rings is 1. The summed E-state index contributed by atoms with van der Waals surface area (Å²) in [5.41, 5.74) is 1.68. The van der Waals surface area contributed by atoms with E-state index in [-0.39, 0.29) is 0 Å². The zero-order chi connectivity index (χ0) is 13.2. The summed E-state index contributed by atoms with van der Waals surface area (Å²) in [6, 6.07) is 7.75. The van der Waals surface area contributed by atoms with Crippen molar-refractivity contribution in [1.29, 1.82) is 0 Å². The Kier molecular flexibility index (Phi) is 3.59. The number of thiazole rings is 1. The van der Waals surface area contributed by atoms with Crippen molar-refractivity contribution in [1.82, 2.24) is 9.97 Å². The SMILES string of the molecule is OC(Cc1nccs1)c1ccc(Br)c2cccnc12. The molecular formula is C14H11BrN2OS. The highest BCUT2D eigenvalue weighted by Crippen LogP contribution is 2.30. The van der Waals surface area contributed by atoms with Gasteiger partial charge in [0.1, 0.15) is 0 Å². The first kappa shape index (κ1) is 12.7. The maximum atomic E-state index is 10.4. The van der Waals surface area contributed by atoms with Gasteiger partial charge in [0.05, 0.1) is 16.6 Å². The Bertz CT molecular complexity index is 700. The maximum absolute atomic E-state index is 10.4. The average Bonchev–Trinajstić information content (AvgIpc) is 2.92. The Morgan fingerprint density at radius 3 is 2.89 bits per heavy atom. The van der Waals surface area contributed by atoms with Crippen molar-refractivity contribution in [3.8, 4) is 0 Å². The van der Waals surface area contributed by atoms with Gasteiger partial charge in [0.15, 0.2) is 0 Å². The van der Waals surface area contributed by atoms with E-state index >= 15 is 0 Å². The topological polar surface area (TPSA) is 46.0 Å². The van der Waals surface area contributed by atoms with Crippen molar-refractivity contribution in [2.45, 2.75) is 12.5 Å². The minimum Gasteiger partial charge on any atom is -0.388 e. The van der Waals surface area contributed by atoms with Crippen molar-refractivity contribution in [2.75, 3.05) is 0 Å². The Morgan fingerprint density at radius 2 is 2.11 bits per heavy atom. The van der Waals surface area contributed by atoms with Gasteiger partial charge in [0, 0.05) is 39.6 Å². The highest BCUT2D eigenvalue weighted by atomic mass is 79.9. The van der Waals surface area contributed by atoms with E-state index in [0.717, 1.165) is 25.9 Å². The van der Waals surface area contributed by atoms with Gasteiger partial charge in [-0.15, -0.1) is 11.3 Å². The van der Waals surface area contributed by atoms with E-state index in [0.29, 0.717) is 6.42 Å². The molecule has 0 saturated carbocycles. The summed E-state index contributed by atoms with van der Waals surface area (Å²) in [5, 5.41) is 14.3. The molecule has 1 N–H and O–H groups in total. The molecule has 19 heavy (non-hydrogen) atoms. The molecule has 3 rings (SSSR count). The standard InChI is InChI=1S/C14H11BrN2OS/c15-11-4-3-10(14-9(11)2-1-5-17-14)12(18)8-13-16-6-7-19-13/h1-7,12,18H,8H2. The largest absolute Gasteiger partial charge is 0.388 e. The van der Waals surface area contributed by atoms with Crippen LogP contribution >= 0.6 is 27.3 Å². The van der Waals surface area contributed by atoms with E-state index in [4.69, 9.17) is 0 Å². The number of aliphatic hydroxyl groups excluding tert-OH is 1. The number of nitrogens with zero attached hydrogens (tertiary/aromatic N) is 2. The summed E-state index contributed by atoms with van der Waals surface area (Å²) in [7, 11) is 0. The normalized spacial score (nSPS) is 12.7. The van der Waals surface area contributed by atoms with E-state index in [1.165, 1.54) is 0 Å². The predicted molar refractivity (Wildman–Crippen MR) is 80.2 cm³/mol. The molecule has 3 nitrogen and oxygen atoms in total. The molecule has 0 aliphatic carbocycles. The number of aliphatic hydroxyl groups is 1. The van der Waals surface area contributed by atoms with E-state index < -0.39 is 6.10 Å². The molecule has 2 heterocycles. The van der Waals surface area contributed by atoms with Crippen LogP contribution in [0.1, 0.15) is 16.7 Å². The second-order valence-corrected chi connectivity index (χ2v) is 6.02. The van der Waals surface area contributed by atoms with Crippen LogP contribution in [-0.2, 0) is 6.42 Å². The molecular weight excluding hydrogens is 324 g/mol. The molecule has 1 unspecified atom stereocenters. The second-order valence-electron chi connectivity index (χ2n) is 4.18. The molecule has 1 aromatic carbocycles. The summed E-state index contributed by atoms with van der Waals surface area (Å²) >= 11 is 5.06. The molecule has 96 valence electrons. The average molecular weight is 335 g/mol. The predicted octanol–water partition coefficient (Wildman–Crippen LogP) is 3.73. The monoisotopic (exact) mass is 334 g/mol. The minimum absolute atomic E-state index is 0.519. The first-order chi connectivity index (χ1) is 9.25. The fourth-order valence-corrected chi connectivity index (χ4v) is 3.16. The van der Waals surface area contributed by atoms with Crippen LogP contribution in [0.4, 0.5) is 0 Å². The third kappa shape index (κ3) is 2.54. The second kappa shape index (κ2) is 5.36. The van der Waals surface area contributed by atoms with Crippen LogP contribution in [0.5, 0.6) is 0 Å². The van der Waals surface area contributed by atoms with Gasteiger partial charge < -0.3 is 5.11 Å². The van der Waals surface area contributed by atoms with Gasteiger partial charge >= 0.3 is 0 Å². The van der Waals surface area contributed by atoms with Gasteiger partial charge in [-0.3, -0.25) is 4.98 Å². The fraction of sp³-hybridized carbons (Fsp3) is 0.143. The van der Waals surface area contributed by atoms with Crippen molar-refractivity contribution >= 4 is 38.2 Å². The molecule has 0 saturated heterocycles. The third-order valence-electron chi connectivity index (χ3n) is 2.96. The molecule has 1 atom stereocenters. The van der Waals surface area contributed by atoms with Crippen LogP contribution in [0.2, 0.25) is 0 Å². The van der Waals surface area contributed by atoms with Crippen LogP contribution in [0.3, 0.4) is 0 Å². The number of hydrogen-bond acceptors (Lipinski definition) is 4. The molecule has 2 aromatic heterocycles. The van der Waals surface area contributed by atoms with E-state index in [1.807, 2.05) is 29.6 Å². The van der Waals surface area contributed by atoms with E-state index in [2.05, 4.69) is 25.9 Å². The summed E-state index contributed by atoms with van der Waals surface area (Å²) in [6.45, 7) is 0. The maximum Gasteiger partial charge on any atom is 0.0954 e. The van der Waals surface area contributed by atoms with Crippen LogP contribution < -0.4 is 0 Å². The summed E-state index contributed by atoms with van der Waals surface area (Å²) < 4.78 is 0.987. The van der Waals surface area contributed by atoms with E-state index in [9.17, 15) is 5.11 Å². The lowest BCUT2D eigenvalue weighted by atomic mass is 10.0. The quantitative estimate of drug-likeness (QED) is 0.793. The van der Waals surface area contributed by atoms with Crippen molar-refractivity contribution in [2.24, 2.45) is 0 Å². The zero-order valence-electron chi connectivity index (χ0n) is 9.95. The molecule has 0 spiro atoms. The first-order valence-corrected chi connectivity index (χ1v) is 7.52. The zero-order valence-corrected chi connectivity index (χ0v) is 12.4. The Hall–Kier alpha value is -1.30. The van der Waals surface area contributed by atoms with Crippen molar-refractivity contribution in [3.63, 3.8) is 0 Å². The Balaban J connectivity index is 2.03. The van der Waals surface area contributed by atoms with Crippen LogP contribution in [0, 0.1) is 0 Å². The number of halogens is 1. The van der Waals surface area contributed by atoms with Gasteiger partial charge in [-0.05, 0) is 12.1 Å². The Morgan fingerprint density at radius 1 is 1.21 bits per heavy atom. The molecule has 5 heteroatoms. The summed E-state index contributed by atoms with van der Waals surface area (Å²) in [4.78, 5) is 8.59. The number of hydrogen-bond donors (Lipinski definition) is 1. The smallest absolute Gasteiger partial charge is 0.0954 e. The number of fused-ring (bicyclic) bond motifs is 1. The van der Waals surface area contributed by atoms with Crippen molar-refractivity contribution in [3.05, 3.63) is 57.1 Å². The highest BCUT2D eigenvalue weighted by Gasteiger charge is 2.15. The van der Waals surface area contributed by atoms with Gasteiger partial charge in [-0.2, -0.15) is 0 Å². The summed E-state index contributed by atoms with van der Waals surface area (Å²) in [5.74, 6) is 0. The lowest BCUT2D eigenvalue weighted by molar-refractivity contribution is 0.179. The molecule has 0 aliphatic rings. The van der Waals surface area contributed by atoms with Gasteiger partial charge in [-0.1, -0.05) is 28.1 Å². The number of aromatic nitrogens is 2.